The Morgan fingerprint density at radius 1 is 1.22 bits per heavy atom. The van der Waals surface area contributed by atoms with Gasteiger partial charge < -0.3 is 15.6 Å². The Morgan fingerprint density at radius 3 is 2.44 bits per heavy atom. The third-order valence-electron chi connectivity index (χ3n) is 3.04. The van der Waals surface area contributed by atoms with Gasteiger partial charge in [0.15, 0.2) is 5.65 Å². The average molecular weight is 247 g/mol. The number of fused-ring (bicyclic) bond motifs is 1. The lowest BCUT2D eigenvalue weighted by atomic mass is 9.87. The van der Waals surface area contributed by atoms with E-state index in [1.165, 1.54) is 0 Å². The van der Waals surface area contributed by atoms with Crippen LogP contribution in [0.25, 0.3) is 11.2 Å². The standard InChI is InChI=1S/C13H21N5/c1-13(2,3)10(14)12-15-8-6-7-9(18(4)5)16-11(8)17-12/h6-7,10H,14H2,1-5H3,(H,15,16,17). The summed E-state index contributed by atoms with van der Waals surface area (Å²) in [5.41, 5.74) is 7.82. The first-order chi connectivity index (χ1) is 8.29. The largest absolute Gasteiger partial charge is 0.363 e. The van der Waals surface area contributed by atoms with Gasteiger partial charge in [0, 0.05) is 14.1 Å². The first-order valence-corrected chi connectivity index (χ1v) is 6.08. The Morgan fingerprint density at radius 2 is 1.89 bits per heavy atom. The minimum Gasteiger partial charge on any atom is -0.363 e. The molecule has 0 aliphatic heterocycles. The molecule has 3 N–H and O–H groups in total. The molecule has 1 unspecified atom stereocenters. The van der Waals surface area contributed by atoms with Crippen LogP contribution in [0.4, 0.5) is 5.82 Å². The minimum absolute atomic E-state index is 0.0295. The first kappa shape index (κ1) is 12.8. The highest BCUT2D eigenvalue weighted by Gasteiger charge is 2.25. The quantitative estimate of drug-likeness (QED) is 0.852. The molecule has 5 nitrogen and oxygen atoms in total. The topological polar surface area (TPSA) is 70.8 Å². The van der Waals surface area contributed by atoms with E-state index in [-0.39, 0.29) is 11.5 Å². The Kier molecular flexibility index (Phi) is 3.02. The van der Waals surface area contributed by atoms with Crippen molar-refractivity contribution in [1.29, 1.82) is 0 Å². The van der Waals surface area contributed by atoms with E-state index < -0.39 is 0 Å². The number of hydrogen-bond acceptors (Lipinski definition) is 4. The lowest BCUT2D eigenvalue weighted by molar-refractivity contribution is 0.317. The molecule has 0 bridgehead atoms. The van der Waals surface area contributed by atoms with Crippen LogP contribution in [-0.4, -0.2) is 29.0 Å². The molecule has 0 aliphatic rings. The summed E-state index contributed by atoms with van der Waals surface area (Å²) in [5, 5.41) is 0. The number of H-pyrrole nitrogens is 1. The highest BCUT2D eigenvalue weighted by Crippen LogP contribution is 2.29. The van der Waals surface area contributed by atoms with Crippen LogP contribution in [0, 0.1) is 5.41 Å². The fourth-order valence-electron chi connectivity index (χ4n) is 1.71. The molecule has 2 aromatic rings. The van der Waals surface area contributed by atoms with E-state index >= 15 is 0 Å². The Bertz CT molecular complexity index is 550. The summed E-state index contributed by atoms with van der Waals surface area (Å²) in [7, 11) is 3.92. The molecule has 18 heavy (non-hydrogen) atoms. The number of aromatic amines is 1. The summed E-state index contributed by atoms with van der Waals surface area (Å²) < 4.78 is 0. The van der Waals surface area contributed by atoms with Crippen molar-refractivity contribution in [3.63, 3.8) is 0 Å². The SMILES string of the molecule is CN(C)c1ccc2[nH]c(C(N)C(C)(C)C)nc2n1. The lowest BCUT2D eigenvalue weighted by Crippen LogP contribution is -2.27. The molecule has 0 aliphatic carbocycles. The van der Waals surface area contributed by atoms with E-state index in [1.54, 1.807) is 0 Å². The van der Waals surface area contributed by atoms with Gasteiger partial charge in [-0.25, -0.2) is 9.97 Å². The van der Waals surface area contributed by atoms with E-state index in [2.05, 4.69) is 35.7 Å². The van der Waals surface area contributed by atoms with Gasteiger partial charge in [-0.3, -0.25) is 0 Å². The van der Waals surface area contributed by atoms with Crippen molar-refractivity contribution in [1.82, 2.24) is 15.0 Å². The fraction of sp³-hybridized carbons (Fsp3) is 0.538. The second kappa shape index (κ2) is 4.24. The second-order valence-corrected chi connectivity index (χ2v) is 5.90. The van der Waals surface area contributed by atoms with Crippen molar-refractivity contribution in [2.24, 2.45) is 11.1 Å². The van der Waals surface area contributed by atoms with Gasteiger partial charge in [0.25, 0.3) is 0 Å². The average Bonchev–Trinajstić information content (AvgIpc) is 2.68. The molecular weight excluding hydrogens is 226 g/mol. The molecule has 0 fully saturated rings. The van der Waals surface area contributed by atoms with Gasteiger partial charge >= 0.3 is 0 Å². The van der Waals surface area contributed by atoms with Crippen LogP contribution in [-0.2, 0) is 0 Å². The van der Waals surface area contributed by atoms with Gasteiger partial charge in [0.1, 0.15) is 11.6 Å². The van der Waals surface area contributed by atoms with Crippen LogP contribution in [0.5, 0.6) is 0 Å². The Labute approximate surface area is 107 Å². The van der Waals surface area contributed by atoms with Gasteiger partial charge in [-0.1, -0.05) is 20.8 Å². The molecule has 1 atom stereocenters. The highest BCUT2D eigenvalue weighted by atomic mass is 15.2. The molecule has 2 aromatic heterocycles. The maximum atomic E-state index is 6.20. The molecule has 0 radical (unpaired) electrons. The zero-order valence-electron chi connectivity index (χ0n) is 11.7. The normalized spacial score (nSPS) is 13.9. The highest BCUT2D eigenvalue weighted by molar-refractivity contribution is 5.73. The first-order valence-electron chi connectivity index (χ1n) is 6.08. The van der Waals surface area contributed by atoms with E-state index in [0.717, 1.165) is 22.8 Å². The molecule has 98 valence electrons. The zero-order valence-corrected chi connectivity index (χ0v) is 11.7. The van der Waals surface area contributed by atoms with E-state index in [0.29, 0.717) is 0 Å². The molecule has 2 heterocycles. The summed E-state index contributed by atoms with van der Waals surface area (Å²) in [6.45, 7) is 6.30. The van der Waals surface area contributed by atoms with Gasteiger partial charge in [0.2, 0.25) is 0 Å². The number of nitrogens with zero attached hydrogens (tertiary/aromatic N) is 3. The summed E-state index contributed by atoms with van der Waals surface area (Å²) in [6, 6.07) is 3.82. The van der Waals surface area contributed by atoms with Gasteiger partial charge in [-0.15, -0.1) is 0 Å². The van der Waals surface area contributed by atoms with Gasteiger partial charge in [-0.2, -0.15) is 0 Å². The number of hydrogen-bond donors (Lipinski definition) is 2. The fourth-order valence-corrected chi connectivity index (χ4v) is 1.71. The van der Waals surface area contributed by atoms with Crippen molar-refractivity contribution >= 4 is 17.0 Å². The predicted molar refractivity (Wildman–Crippen MR) is 74.6 cm³/mol. The third kappa shape index (κ3) is 2.31. The second-order valence-electron chi connectivity index (χ2n) is 5.90. The van der Waals surface area contributed by atoms with Crippen LogP contribution in [0.3, 0.4) is 0 Å². The Balaban J connectivity index is 2.44. The van der Waals surface area contributed by atoms with E-state index in [1.807, 2.05) is 31.1 Å². The molecule has 0 saturated heterocycles. The molecule has 2 rings (SSSR count). The zero-order chi connectivity index (χ0) is 13.5. The number of pyridine rings is 1. The van der Waals surface area contributed by atoms with Crippen molar-refractivity contribution < 1.29 is 0 Å². The molecule has 0 spiro atoms. The molecule has 5 heteroatoms. The summed E-state index contributed by atoms with van der Waals surface area (Å²) >= 11 is 0. The number of imidazole rings is 1. The number of rotatable bonds is 2. The smallest absolute Gasteiger partial charge is 0.179 e. The number of nitrogens with two attached hydrogens (primary N) is 1. The van der Waals surface area contributed by atoms with E-state index in [4.69, 9.17) is 5.73 Å². The monoisotopic (exact) mass is 247 g/mol. The van der Waals surface area contributed by atoms with Crippen molar-refractivity contribution in [3.05, 3.63) is 18.0 Å². The minimum atomic E-state index is -0.130. The van der Waals surface area contributed by atoms with Crippen LogP contribution in [0.15, 0.2) is 12.1 Å². The van der Waals surface area contributed by atoms with Crippen LogP contribution in [0.1, 0.15) is 32.6 Å². The summed E-state index contributed by atoms with van der Waals surface area (Å²) in [5.74, 6) is 1.69. The maximum Gasteiger partial charge on any atom is 0.179 e. The van der Waals surface area contributed by atoms with Crippen LogP contribution >= 0.6 is 0 Å². The van der Waals surface area contributed by atoms with Gasteiger partial charge in [-0.05, 0) is 17.5 Å². The van der Waals surface area contributed by atoms with Crippen molar-refractivity contribution in [2.75, 3.05) is 19.0 Å². The molecule has 0 amide bonds. The van der Waals surface area contributed by atoms with Crippen molar-refractivity contribution in [2.45, 2.75) is 26.8 Å². The Hall–Kier alpha value is -1.62. The van der Waals surface area contributed by atoms with Crippen molar-refractivity contribution in [3.8, 4) is 0 Å². The molecule has 0 aromatic carbocycles. The van der Waals surface area contributed by atoms with Gasteiger partial charge in [0.05, 0.1) is 11.6 Å². The number of aromatic nitrogens is 3. The number of anilines is 1. The predicted octanol–water partition coefficient (Wildman–Crippen LogP) is 2.07. The summed E-state index contributed by atoms with van der Waals surface area (Å²) in [4.78, 5) is 14.2. The lowest BCUT2D eigenvalue weighted by Gasteiger charge is -2.24. The van der Waals surface area contributed by atoms with E-state index in [9.17, 15) is 0 Å². The molecular formula is C13H21N5. The summed E-state index contributed by atoms with van der Waals surface area (Å²) in [6.07, 6.45) is 0. The number of nitrogens with one attached hydrogen (secondary N) is 1. The third-order valence-corrected chi connectivity index (χ3v) is 3.04. The molecule has 0 saturated carbocycles. The maximum absolute atomic E-state index is 6.20. The van der Waals surface area contributed by atoms with Crippen LogP contribution in [0.2, 0.25) is 0 Å². The van der Waals surface area contributed by atoms with Crippen LogP contribution < -0.4 is 10.6 Å².